The number of amides is 2. The zero-order chi connectivity index (χ0) is 21.8. The minimum absolute atomic E-state index is 0.232. The molecule has 0 aliphatic carbocycles. The fraction of sp³-hybridized carbons (Fsp3) is 0.238. The molecule has 3 aromatic rings. The monoisotopic (exact) mass is 441 g/mol. The fourth-order valence-electron chi connectivity index (χ4n) is 2.99. The molecule has 1 atom stereocenters. The molecule has 0 radical (unpaired) electrons. The molecule has 0 saturated heterocycles. The second-order valence-electron chi connectivity index (χ2n) is 6.91. The van der Waals surface area contributed by atoms with E-state index in [0.717, 1.165) is 6.42 Å². The van der Waals surface area contributed by atoms with Crippen molar-refractivity contribution in [2.75, 3.05) is 23.8 Å². The number of anilines is 2. The number of nitrogens with zero attached hydrogens (tertiary/aromatic N) is 3. The molecule has 2 N–H and O–H groups in total. The number of ether oxygens (including phenoxy) is 2. The van der Waals surface area contributed by atoms with Crippen LogP contribution in [0.5, 0.6) is 11.5 Å². The average molecular weight is 442 g/mol. The van der Waals surface area contributed by atoms with Crippen LogP contribution in [0.25, 0.3) is 0 Å². The summed E-state index contributed by atoms with van der Waals surface area (Å²) in [4.78, 5) is 28.8. The Balaban J connectivity index is 1.41. The summed E-state index contributed by atoms with van der Waals surface area (Å²) in [5.74, 6) is 0.337. The smallest absolute Gasteiger partial charge is 0.255 e. The molecule has 0 fully saturated rings. The number of hydrogen-bond acceptors (Lipinski definition) is 6. The van der Waals surface area contributed by atoms with E-state index >= 15 is 0 Å². The highest BCUT2D eigenvalue weighted by Crippen LogP contribution is 2.38. The van der Waals surface area contributed by atoms with Crippen molar-refractivity contribution in [2.45, 2.75) is 19.4 Å². The summed E-state index contributed by atoms with van der Waals surface area (Å²) < 4.78 is 12.7. The SMILES string of the molecule is CC(C(=O)Nc1ccc(NC(=O)c2cc(Cl)c3c(c2)OCCCO3)cc1)n1cncn1. The van der Waals surface area contributed by atoms with Crippen LogP contribution in [-0.4, -0.2) is 39.8 Å². The highest BCUT2D eigenvalue weighted by molar-refractivity contribution is 6.32. The van der Waals surface area contributed by atoms with Crippen LogP contribution in [0.2, 0.25) is 5.02 Å². The van der Waals surface area contributed by atoms with Gasteiger partial charge in [-0.15, -0.1) is 0 Å². The first kappa shape index (κ1) is 20.7. The van der Waals surface area contributed by atoms with E-state index in [1.165, 1.54) is 17.3 Å². The summed E-state index contributed by atoms with van der Waals surface area (Å²) in [5.41, 5.74) is 1.51. The van der Waals surface area contributed by atoms with Crippen LogP contribution >= 0.6 is 11.6 Å². The van der Waals surface area contributed by atoms with E-state index in [-0.39, 0.29) is 11.8 Å². The Kier molecular flexibility index (Phi) is 6.03. The summed E-state index contributed by atoms with van der Waals surface area (Å²) in [6.45, 7) is 2.73. The zero-order valence-electron chi connectivity index (χ0n) is 16.7. The molecule has 0 spiro atoms. The van der Waals surface area contributed by atoms with Gasteiger partial charge in [0.05, 0.1) is 18.2 Å². The van der Waals surface area contributed by atoms with E-state index in [9.17, 15) is 9.59 Å². The molecular weight excluding hydrogens is 422 g/mol. The normalized spacial score (nSPS) is 13.7. The molecule has 2 amide bonds. The first-order valence-electron chi connectivity index (χ1n) is 9.67. The van der Waals surface area contributed by atoms with Crippen molar-refractivity contribution in [3.8, 4) is 11.5 Å². The molecular formula is C21H20ClN5O4. The van der Waals surface area contributed by atoms with Gasteiger partial charge in [-0.1, -0.05) is 11.6 Å². The van der Waals surface area contributed by atoms with Crippen molar-refractivity contribution in [2.24, 2.45) is 0 Å². The number of halogens is 1. The molecule has 4 rings (SSSR count). The standard InChI is InChI=1S/C21H20ClN5O4/c1-13(27-12-23-11-24-27)20(28)25-15-3-5-16(6-4-15)26-21(29)14-9-17(22)19-18(10-14)30-7-2-8-31-19/h3-6,9-13H,2,7-8H2,1H3,(H,25,28)(H,26,29). The quantitative estimate of drug-likeness (QED) is 0.627. The van der Waals surface area contributed by atoms with Gasteiger partial charge >= 0.3 is 0 Å². The average Bonchev–Trinajstić information content (AvgIpc) is 3.19. The lowest BCUT2D eigenvalue weighted by molar-refractivity contribution is -0.119. The topological polar surface area (TPSA) is 107 Å². The minimum atomic E-state index is -0.508. The van der Waals surface area contributed by atoms with Crippen molar-refractivity contribution in [1.82, 2.24) is 14.8 Å². The van der Waals surface area contributed by atoms with E-state index in [1.54, 1.807) is 43.3 Å². The molecule has 10 heteroatoms. The fourth-order valence-corrected chi connectivity index (χ4v) is 3.25. The molecule has 1 aromatic heterocycles. The summed E-state index contributed by atoms with van der Waals surface area (Å²) in [7, 11) is 0. The Morgan fingerprint density at radius 2 is 1.81 bits per heavy atom. The summed E-state index contributed by atoms with van der Waals surface area (Å²) in [6, 6.07) is 9.43. The van der Waals surface area contributed by atoms with Gasteiger partial charge in [0, 0.05) is 23.4 Å². The summed E-state index contributed by atoms with van der Waals surface area (Å²) in [6.07, 6.45) is 3.60. The van der Waals surface area contributed by atoms with Crippen molar-refractivity contribution >= 4 is 34.8 Å². The molecule has 160 valence electrons. The first-order valence-corrected chi connectivity index (χ1v) is 10.0. The predicted octanol–water partition coefficient (Wildman–Crippen LogP) is 3.54. The van der Waals surface area contributed by atoms with Gasteiger partial charge in [0.25, 0.3) is 5.91 Å². The van der Waals surface area contributed by atoms with Crippen LogP contribution in [0.1, 0.15) is 29.7 Å². The third kappa shape index (κ3) is 4.77. The summed E-state index contributed by atoms with van der Waals surface area (Å²) >= 11 is 6.26. The van der Waals surface area contributed by atoms with E-state index in [1.807, 2.05) is 0 Å². The lowest BCUT2D eigenvalue weighted by atomic mass is 10.1. The Hall–Kier alpha value is -3.59. The van der Waals surface area contributed by atoms with Crippen LogP contribution in [0, 0.1) is 0 Å². The van der Waals surface area contributed by atoms with Crippen molar-refractivity contribution in [1.29, 1.82) is 0 Å². The van der Waals surface area contributed by atoms with E-state index < -0.39 is 6.04 Å². The Labute approximate surface area is 183 Å². The number of aromatic nitrogens is 3. The third-order valence-electron chi connectivity index (χ3n) is 4.69. The van der Waals surface area contributed by atoms with Crippen molar-refractivity contribution in [3.05, 3.63) is 59.6 Å². The Bertz CT molecular complexity index is 1090. The van der Waals surface area contributed by atoms with Crippen LogP contribution in [0.15, 0.2) is 49.1 Å². The maximum Gasteiger partial charge on any atom is 0.255 e. The van der Waals surface area contributed by atoms with Gasteiger partial charge in [-0.3, -0.25) is 9.59 Å². The second kappa shape index (κ2) is 9.05. The van der Waals surface area contributed by atoms with Gasteiger partial charge in [0.1, 0.15) is 18.7 Å². The highest BCUT2D eigenvalue weighted by atomic mass is 35.5. The van der Waals surface area contributed by atoms with Gasteiger partial charge in [-0.05, 0) is 43.3 Å². The zero-order valence-corrected chi connectivity index (χ0v) is 17.4. The van der Waals surface area contributed by atoms with E-state index in [4.69, 9.17) is 21.1 Å². The van der Waals surface area contributed by atoms with Gasteiger partial charge < -0.3 is 20.1 Å². The van der Waals surface area contributed by atoms with Crippen LogP contribution in [0.4, 0.5) is 11.4 Å². The number of carbonyl (C=O) groups excluding carboxylic acids is 2. The number of benzene rings is 2. The molecule has 9 nitrogen and oxygen atoms in total. The van der Waals surface area contributed by atoms with Gasteiger partial charge in [0.15, 0.2) is 11.5 Å². The Morgan fingerprint density at radius 3 is 2.52 bits per heavy atom. The third-order valence-corrected chi connectivity index (χ3v) is 4.97. The largest absolute Gasteiger partial charge is 0.489 e. The highest BCUT2D eigenvalue weighted by Gasteiger charge is 2.19. The number of nitrogens with one attached hydrogen (secondary N) is 2. The summed E-state index contributed by atoms with van der Waals surface area (Å²) in [5, 5.41) is 9.89. The molecule has 2 aromatic carbocycles. The maximum atomic E-state index is 12.7. The molecule has 31 heavy (non-hydrogen) atoms. The second-order valence-corrected chi connectivity index (χ2v) is 7.32. The van der Waals surface area contributed by atoms with Gasteiger partial charge in [0.2, 0.25) is 5.91 Å². The lowest BCUT2D eigenvalue weighted by Crippen LogP contribution is -2.24. The predicted molar refractivity (Wildman–Crippen MR) is 115 cm³/mol. The van der Waals surface area contributed by atoms with Crippen molar-refractivity contribution in [3.63, 3.8) is 0 Å². The lowest BCUT2D eigenvalue weighted by Gasteiger charge is -2.13. The van der Waals surface area contributed by atoms with Crippen molar-refractivity contribution < 1.29 is 19.1 Å². The van der Waals surface area contributed by atoms with Gasteiger partial charge in [-0.2, -0.15) is 5.10 Å². The molecule has 1 aliphatic heterocycles. The maximum absolute atomic E-state index is 12.7. The van der Waals surface area contributed by atoms with Crippen LogP contribution < -0.4 is 20.1 Å². The molecule has 1 unspecified atom stereocenters. The van der Waals surface area contributed by atoms with Crippen LogP contribution in [-0.2, 0) is 4.79 Å². The molecule has 0 bridgehead atoms. The van der Waals surface area contributed by atoms with Gasteiger partial charge in [-0.25, -0.2) is 9.67 Å². The molecule has 1 aliphatic rings. The van der Waals surface area contributed by atoms with E-state index in [2.05, 4.69) is 20.7 Å². The Morgan fingerprint density at radius 1 is 1.10 bits per heavy atom. The van der Waals surface area contributed by atoms with Crippen LogP contribution in [0.3, 0.4) is 0 Å². The molecule has 0 saturated carbocycles. The number of fused-ring (bicyclic) bond motifs is 1. The number of hydrogen-bond donors (Lipinski definition) is 2. The van der Waals surface area contributed by atoms with E-state index in [0.29, 0.717) is 46.7 Å². The first-order chi connectivity index (χ1) is 15.0. The minimum Gasteiger partial charge on any atom is -0.489 e. The molecule has 2 heterocycles. The number of rotatable bonds is 5. The number of carbonyl (C=O) groups is 2.